The van der Waals surface area contributed by atoms with Gasteiger partial charge in [0, 0.05) is 13.1 Å². The molecule has 0 fully saturated rings. The van der Waals surface area contributed by atoms with Gasteiger partial charge in [0.15, 0.2) is 0 Å². The molecule has 0 aliphatic carbocycles. The number of hydrogen-bond acceptors (Lipinski definition) is 3. The highest BCUT2D eigenvalue weighted by Gasteiger charge is 2.19. The molecule has 4 heteroatoms. The molecule has 142 valence electrons. The second-order valence-corrected chi connectivity index (χ2v) is 6.53. The molecule has 0 N–H and O–H groups in total. The fourth-order valence-electron chi connectivity index (χ4n) is 2.89. The lowest BCUT2D eigenvalue weighted by molar-refractivity contribution is 0.0742. The SMILES string of the molecule is CCCCCCOc1ccccc1C(=O)N(CCC#N)Cc1ccccc1. The number of ether oxygens (including phenoxy) is 1. The summed E-state index contributed by atoms with van der Waals surface area (Å²) in [4.78, 5) is 14.9. The summed E-state index contributed by atoms with van der Waals surface area (Å²) in [6, 6.07) is 19.3. The van der Waals surface area contributed by atoms with Crippen LogP contribution in [0.3, 0.4) is 0 Å². The van der Waals surface area contributed by atoms with E-state index in [0.29, 0.717) is 37.4 Å². The summed E-state index contributed by atoms with van der Waals surface area (Å²) in [5, 5.41) is 8.96. The van der Waals surface area contributed by atoms with E-state index < -0.39 is 0 Å². The van der Waals surface area contributed by atoms with Gasteiger partial charge in [-0.25, -0.2) is 0 Å². The van der Waals surface area contributed by atoms with Crippen LogP contribution in [0.15, 0.2) is 54.6 Å². The maximum atomic E-state index is 13.1. The zero-order valence-electron chi connectivity index (χ0n) is 16.1. The Bertz CT molecular complexity index is 738. The summed E-state index contributed by atoms with van der Waals surface area (Å²) in [6.07, 6.45) is 4.80. The minimum Gasteiger partial charge on any atom is -0.493 e. The van der Waals surface area contributed by atoms with Crippen LogP contribution in [0.4, 0.5) is 0 Å². The summed E-state index contributed by atoms with van der Waals surface area (Å²) < 4.78 is 5.90. The van der Waals surface area contributed by atoms with Gasteiger partial charge >= 0.3 is 0 Å². The van der Waals surface area contributed by atoms with Crippen molar-refractivity contribution in [3.8, 4) is 11.8 Å². The number of benzene rings is 2. The number of unbranched alkanes of at least 4 members (excludes halogenated alkanes) is 3. The van der Waals surface area contributed by atoms with E-state index in [4.69, 9.17) is 10.00 Å². The van der Waals surface area contributed by atoms with E-state index in [1.54, 1.807) is 11.0 Å². The van der Waals surface area contributed by atoms with Crippen LogP contribution in [0.25, 0.3) is 0 Å². The summed E-state index contributed by atoms with van der Waals surface area (Å²) in [5.41, 5.74) is 1.60. The summed E-state index contributed by atoms with van der Waals surface area (Å²) in [7, 11) is 0. The standard InChI is InChI=1S/C23H28N2O2/c1-2-3-4-10-18-27-22-15-9-8-14-21(22)23(26)25(17-11-16-24)19-20-12-6-5-7-13-20/h5-9,12-15H,2-4,10-11,17-19H2,1H3. The van der Waals surface area contributed by atoms with Gasteiger partial charge in [-0.1, -0.05) is 68.7 Å². The maximum absolute atomic E-state index is 13.1. The molecule has 27 heavy (non-hydrogen) atoms. The molecule has 0 aliphatic heterocycles. The fourth-order valence-corrected chi connectivity index (χ4v) is 2.89. The lowest BCUT2D eigenvalue weighted by Crippen LogP contribution is -2.31. The minimum atomic E-state index is -0.0988. The predicted molar refractivity (Wildman–Crippen MR) is 107 cm³/mol. The summed E-state index contributed by atoms with van der Waals surface area (Å²) >= 11 is 0. The third-order valence-electron chi connectivity index (χ3n) is 4.37. The van der Waals surface area contributed by atoms with Gasteiger partial charge in [0.05, 0.1) is 24.7 Å². The first kappa shape index (κ1) is 20.5. The average molecular weight is 364 g/mol. The lowest BCUT2D eigenvalue weighted by Gasteiger charge is -2.23. The molecular weight excluding hydrogens is 336 g/mol. The lowest BCUT2D eigenvalue weighted by atomic mass is 10.1. The van der Waals surface area contributed by atoms with E-state index >= 15 is 0 Å². The molecule has 0 aliphatic rings. The van der Waals surface area contributed by atoms with Crippen molar-refractivity contribution in [3.63, 3.8) is 0 Å². The molecule has 0 bridgehead atoms. The van der Waals surface area contributed by atoms with Crippen LogP contribution in [-0.2, 0) is 6.54 Å². The van der Waals surface area contributed by atoms with Crippen LogP contribution in [0.5, 0.6) is 5.75 Å². The van der Waals surface area contributed by atoms with Crippen LogP contribution in [-0.4, -0.2) is 24.0 Å². The van der Waals surface area contributed by atoms with Crippen LogP contribution in [0.1, 0.15) is 54.9 Å². The molecular formula is C23H28N2O2. The van der Waals surface area contributed by atoms with Gasteiger partial charge < -0.3 is 9.64 Å². The van der Waals surface area contributed by atoms with Crippen LogP contribution in [0.2, 0.25) is 0 Å². The summed E-state index contributed by atoms with van der Waals surface area (Å²) in [6.45, 7) is 3.67. The number of hydrogen-bond donors (Lipinski definition) is 0. The van der Waals surface area contributed by atoms with Crippen molar-refractivity contribution in [2.24, 2.45) is 0 Å². The molecule has 2 aromatic carbocycles. The van der Waals surface area contributed by atoms with E-state index in [0.717, 1.165) is 18.4 Å². The molecule has 0 atom stereocenters. The van der Waals surface area contributed by atoms with Crippen molar-refractivity contribution in [2.45, 2.75) is 45.6 Å². The van der Waals surface area contributed by atoms with Gasteiger partial charge in [-0.2, -0.15) is 5.26 Å². The average Bonchev–Trinajstić information content (AvgIpc) is 2.71. The highest BCUT2D eigenvalue weighted by atomic mass is 16.5. The number of carbonyl (C=O) groups excluding carboxylic acids is 1. The quantitative estimate of drug-likeness (QED) is 0.515. The normalized spacial score (nSPS) is 10.2. The number of carbonyl (C=O) groups is 1. The first-order valence-corrected chi connectivity index (χ1v) is 9.68. The second-order valence-electron chi connectivity index (χ2n) is 6.53. The monoisotopic (exact) mass is 364 g/mol. The van der Waals surface area contributed by atoms with Crippen molar-refractivity contribution in [1.29, 1.82) is 5.26 Å². The summed E-state index contributed by atoms with van der Waals surface area (Å²) in [5.74, 6) is 0.521. The number of nitriles is 1. The molecule has 0 aromatic heterocycles. The van der Waals surface area contributed by atoms with Crippen molar-refractivity contribution >= 4 is 5.91 Å². The molecule has 2 rings (SSSR count). The Balaban J connectivity index is 2.10. The zero-order valence-corrected chi connectivity index (χ0v) is 16.1. The Morgan fingerprint density at radius 3 is 2.52 bits per heavy atom. The van der Waals surface area contributed by atoms with Gasteiger partial charge in [0.2, 0.25) is 0 Å². The van der Waals surface area contributed by atoms with Crippen molar-refractivity contribution in [2.75, 3.05) is 13.2 Å². The molecule has 0 heterocycles. The molecule has 0 saturated carbocycles. The Kier molecular flexibility index (Phi) is 8.92. The number of amides is 1. The molecule has 0 unspecified atom stereocenters. The van der Waals surface area contributed by atoms with Gasteiger partial charge in [0.1, 0.15) is 5.75 Å². The van der Waals surface area contributed by atoms with Gasteiger partial charge in [-0.05, 0) is 24.1 Å². The topological polar surface area (TPSA) is 53.3 Å². The third kappa shape index (κ3) is 6.79. The Hall–Kier alpha value is -2.80. The van der Waals surface area contributed by atoms with Crippen LogP contribution < -0.4 is 4.74 Å². The zero-order chi connectivity index (χ0) is 19.3. The van der Waals surface area contributed by atoms with Crippen LogP contribution >= 0.6 is 0 Å². The maximum Gasteiger partial charge on any atom is 0.257 e. The molecule has 0 saturated heterocycles. The third-order valence-corrected chi connectivity index (χ3v) is 4.37. The van der Waals surface area contributed by atoms with E-state index in [9.17, 15) is 4.79 Å². The Morgan fingerprint density at radius 2 is 1.78 bits per heavy atom. The number of nitrogens with zero attached hydrogens (tertiary/aromatic N) is 2. The second kappa shape index (κ2) is 11.7. The largest absolute Gasteiger partial charge is 0.493 e. The molecule has 0 spiro atoms. The van der Waals surface area contributed by atoms with Crippen LogP contribution in [0, 0.1) is 11.3 Å². The highest BCUT2D eigenvalue weighted by molar-refractivity contribution is 5.96. The number of rotatable bonds is 11. The van der Waals surface area contributed by atoms with Crippen molar-refractivity contribution in [3.05, 3.63) is 65.7 Å². The van der Waals surface area contributed by atoms with Gasteiger partial charge in [-0.15, -0.1) is 0 Å². The molecule has 4 nitrogen and oxygen atoms in total. The Labute approximate surface area is 162 Å². The van der Waals surface area contributed by atoms with E-state index in [-0.39, 0.29) is 5.91 Å². The molecule has 2 aromatic rings. The van der Waals surface area contributed by atoms with Gasteiger partial charge in [0.25, 0.3) is 5.91 Å². The molecule has 0 radical (unpaired) electrons. The van der Waals surface area contributed by atoms with Crippen molar-refractivity contribution < 1.29 is 9.53 Å². The number of para-hydroxylation sites is 1. The van der Waals surface area contributed by atoms with Crippen molar-refractivity contribution in [1.82, 2.24) is 4.90 Å². The van der Waals surface area contributed by atoms with Gasteiger partial charge in [-0.3, -0.25) is 4.79 Å². The smallest absolute Gasteiger partial charge is 0.257 e. The first-order valence-electron chi connectivity index (χ1n) is 9.68. The van der Waals surface area contributed by atoms with E-state index in [2.05, 4.69) is 13.0 Å². The fraction of sp³-hybridized carbons (Fsp3) is 0.391. The van der Waals surface area contributed by atoms with E-state index in [1.165, 1.54) is 12.8 Å². The van der Waals surface area contributed by atoms with E-state index in [1.807, 2.05) is 48.5 Å². The Morgan fingerprint density at radius 1 is 1.04 bits per heavy atom. The predicted octanol–water partition coefficient (Wildman–Crippen LogP) is 5.20. The minimum absolute atomic E-state index is 0.0988. The molecule has 1 amide bonds. The first-order chi connectivity index (χ1) is 13.3. The highest BCUT2D eigenvalue weighted by Crippen LogP contribution is 2.21.